The van der Waals surface area contributed by atoms with Gasteiger partial charge in [-0.25, -0.2) is 8.42 Å². The quantitative estimate of drug-likeness (QED) is 0.646. The summed E-state index contributed by atoms with van der Waals surface area (Å²) in [5, 5.41) is 5.82. The average Bonchev–Trinajstić information content (AvgIpc) is 2.73. The van der Waals surface area contributed by atoms with Gasteiger partial charge in [0, 0.05) is 18.8 Å². The number of nitrogens with one attached hydrogen (secondary N) is 2. The lowest BCUT2D eigenvalue weighted by molar-refractivity contribution is -0.114. The standard InChI is InChI=1S/C22H29N3O5S/c1-4-29-21-8-6-5-7-20(21)23-13-22(26)24-18-9-11-19(12-10-18)31(27,28)25-14-16(2)30-17(3)15-25/h5-12,16-17,23H,4,13-15H2,1-3H3,(H,24,26). The van der Waals surface area contributed by atoms with Crippen molar-refractivity contribution in [3.63, 3.8) is 0 Å². The van der Waals surface area contributed by atoms with Gasteiger partial charge in [0.2, 0.25) is 15.9 Å². The van der Waals surface area contributed by atoms with E-state index in [1.165, 1.54) is 16.4 Å². The molecule has 8 nitrogen and oxygen atoms in total. The molecule has 0 radical (unpaired) electrons. The van der Waals surface area contributed by atoms with Gasteiger partial charge in [0.05, 0.1) is 35.9 Å². The second-order valence-corrected chi connectivity index (χ2v) is 9.37. The minimum Gasteiger partial charge on any atom is -0.492 e. The predicted octanol–water partition coefficient (Wildman–Crippen LogP) is 2.93. The van der Waals surface area contributed by atoms with Crippen LogP contribution in [-0.4, -0.2) is 57.1 Å². The first-order valence-corrected chi connectivity index (χ1v) is 11.7. The largest absolute Gasteiger partial charge is 0.492 e. The van der Waals surface area contributed by atoms with Crippen molar-refractivity contribution in [2.75, 3.05) is 36.9 Å². The SMILES string of the molecule is CCOc1ccccc1NCC(=O)Nc1ccc(S(=O)(=O)N2CC(C)OC(C)C2)cc1. The lowest BCUT2D eigenvalue weighted by Gasteiger charge is -2.34. The summed E-state index contributed by atoms with van der Waals surface area (Å²) in [5.41, 5.74) is 1.25. The number of rotatable bonds is 8. The highest BCUT2D eigenvalue weighted by atomic mass is 32.2. The van der Waals surface area contributed by atoms with Crippen LogP contribution in [0.5, 0.6) is 5.75 Å². The number of nitrogens with zero attached hydrogens (tertiary/aromatic N) is 1. The second kappa shape index (κ2) is 10.1. The van der Waals surface area contributed by atoms with Gasteiger partial charge in [-0.15, -0.1) is 0 Å². The van der Waals surface area contributed by atoms with Gasteiger partial charge in [-0.2, -0.15) is 4.31 Å². The molecule has 0 saturated carbocycles. The van der Waals surface area contributed by atoms with Crippen molar-refractivity contribution in [2.45, 2.75) is 37.9 Å². The molecule has 2 aromatic rings. The van der Waals surface area contributed by atoms with Crippen LogP contribution in [0.25, 0.3) is 0 Å². The molecule has 1 saturated heterocycles. The fourth-order valence-corrected chi connectivity index (χ4v) is 5.05. The minimum atomic E-state index is -3.62. The van der Waals surface area contributed by atoms with Gasteiger partial charge in [0.1, 0.15) is 5.75 Å². The highest BCUT2D eigenvalue weighted by Crippen LogP contribution is 2.24. The van der Waals surface area contributed by atoms with Crippen molar-refractivity contribution < 1.29 is 22.7 Å². The van der Waals surface area contributed by atoms with Crippen molar-refractivity contribution in [1.82, 2.24) is 4.31 Å². The number of amides is 1. The Kier molecular flexibility index (Phi) is 7.53. The van der Waals surface area contributed by atoms with E-state index in [9.17, 15) is 13.2 Å². The highest BCUT2D eigenvalue weighted by molar-refractivity contribution is 7.89. The van der Waals surface area contributed by atoms with Gasteiger partial charge >= 0.3 is 0 Å². The second-order valence-electron chi connectivity index (χ2n) is 7.43. The molecule has 2 aromatic carbocycles. The average molecular weight is 448 g/mol. The summed E-state index contributed by atoms with van der Waals surface area (Å²) >= 11 is 0. The monoisotopic (exact) mass is 447 g/mol. The van der Waals surface area contributed by atoms with E-state index in [-0.39, 0.29) is 29.6 Å². The van der Waals surface area contributed by atoms with E-state index in [2.05, 4.69) is 10.6 Å². The molecule has 3 rings (SSSR count). The zero-order valence-electron chi connectivity index (χ0n) is 18.0. The molecule has 1 aliphatic rings. The number of morpholine rings is 1. The van der Waals surface area contributed by atoms with Crippen molar-refractivity contribution in [2.24, 2.45) is 0 Å². The Labute approximate surface area is 183 Å². The first-order chi connectivity index (χ1) is 14.8. The molecule has 0 aromatic heterocycles. The third-order valence-electron chi connectivity index (χ3n) is 4.79. The normalized spacial score (nSPS) is 19.6. The van der Waals surface area contributed by atoms with Crippen LogP contribution in [0.15, 0.2) is 53.4 Å². The topological polar surface area (TPSA) is 97.0 Å². The molecule has 1 fully saturated rings. The Bertz CT molecular complexity index is 984. The Balaban J connectivity index is 1.59. The van der Waals surface area contributed by atoms with Crippen molar-refractivity contribution in [3.05, 3.63) is 48.5 Å². The molecule has 2 atom stereocenters. The number of carbonyl (C=O) groups is 1. The van der Waals surface area contributed by atoms with E-state index in [0.29, 0.717) is 31.1 Å². The van der Waals surface area contributed by atoms with E-state index in [0.717, 1.165) is 5.69 Å². The number of anilines is 2. The maximum absolute atomic E-state index is 12.9. The zero-order valence-corrected chi connectivity index (χ0v) is 18.8. The molecule has 1 amide bonds. The zero-order chi connectivity index (χ0) is 22.4. The van der Waals surface area contributed by atoms with Gasteiger partial charge in [0.25, 0.3) is 0 Å². The molecule has 168 valence electrons. The fourth-order valence-electron chi connectivity index (χ4n) is 3.46. The molecule has 31 heavy (non-hydrogen) atoms. The fraction of sp³-hybridized carbons (Fsp3) is 0.409. The highest BCUT2D eigenvalue weighted by Gasteiger charge is 2.32. The molecule has 2 N–H and O–H groups in total. The van der Waals surface area contributed by atoms with E-state index >= 15 is 0 Å². The number of sulfonamides is 1. The molecular formula is C22H29N3O5S. The van der Waals surface area contributed by atoms with E-state index in [4.69, 9.17) is 9.47 Å². The molecule has 0 aliphatic carbocycles. The molecular weight excluding hydrogens is 418 g/mol. The third kappa shape index (κ3) is 5.96. The summed E-state index contributed by atoms with van der Waals surface area (Å²) in [6.45, 7) is 6.83. The van der Waals surface area contributed by atoms with E-state index in [1.807, 2.05) is 45.0 Å². The lowest BCUT2D eigenvalue weighted by atomic mass is 10.3. The lowest BCUT2D eigenvalue weighted by Crippen LogP contribution is -2.48. The van der Waals surface area contributed by atoms with Crippen LogP contribution in [0.3, 0.4) is 0 Å². The number of ether oxygens (including phenoxy) is 2. The van der Waals surface area contributed by atoms with Crippen molar-refractivity contribution in [3.8, 4) is 5.75 Å². The van der Waals surface area contributed by atoms with E-state index in [1.54, 1.807) is 12.1 Å². The minimum absolute atomic E-state index is 0.0493. The summed E-state index contributed by atoms with van der Waals surface area (Å²) in [4.78, 5) is 12.5. The number of carbonyl (C=O) groups excluding carboxylic acids is 1. The summed E-state index contributed by atoms with van der Waals surface area (Å²) in [6, 6.07) is 13.6. The van der Waals surface area contributed by atoms with Gasteiger partial charge < -0.3 is 20.1 Å². The van der Waals surface area contributed by atoms with Crippen LogP contribution in [0.1, 0.15) is 20.8 Å². The molecule has 1 aliphatic heterocycles. The Morgan fingerprint density at radius 1 is 1.10 bits per heavy atom. The van der Waals surface area contributed by atoms with Gasteiger partial charge in [-0.3, -0.25) is 4.79 Å². The first kappa shape index (κ1) is 23.1. The summed E-state index contributed by atoms with van der Waals surface area (Å²) in [6.07, 6.45) is -0.310. The van der Waals surface area contributed by atoms with Crippen LogP contribution in [0, 0.1) is 0 Å². The molecule has 1 heterocycles. The van der Waals surface area contributed by atoms with Crippen LogP contribution >= 0.6 is 0 Å². The van der Waals surface area contributed by atoms with E-state index < -0.39 is 10.0 Å². The molecule has 0 bridgehead atoms. The van der Waals surface area contributed by atoms with Crippen LogP contribution in [0.4, 0.5) is 11.4 Å². The summed E-state index contributed by atoms with van der Waals surface area (Å²) in [5.74, 6) is 0.428. The number of hydrogen-bond acceptors (Lipinski definition) is 6. The third-order valence-corrected chi connectivity index (χ3v) is 6.63. The smallest absolute Gasteiger partial charge is 0.243 e. The number of para-hydroxylation sites is 2. The van der Waals surface area contributed by atoms with Crippen molar-refractivity contribution >= 4 is 27.3 Å². The molecule has 9 heteroatoms. The Hall–Kier alpha value is -2.62. The summed E-state index contributed by atoms with van der Waals surface area (Å²) < 4.78 is 38.4. The molecule has 2 unspecified atom stereocenters. The number of hydrogen-bond donors (Lipinski definition) is 2. The molecule has 0 spiro atoms. The van der Waals surface area contributed by atoms with Crippen LogP contribution in [-0.2, 0) is 19.6 Å². The summed E-state index contributed by atoms with van der Waals surface area (Å²) in [7, 11) is -3.62. The predicted molar refractivity (Wildman–Crippen MR) is 120 cm³/mol. The Morgan fingerprint density at radius 3 is 2.39 bits per heavy atom. The maximum Gasteiger partial charge on any atom is 0.243 e. The van der Waals surface area contributed by atoms with Crippen LogP contribution < -0.4 is 15.4 Å². The maximum atomic E-state index is 12.9. The van der Waals surface area contributed by atoms with Gasteiger partial charge in [0.15, 0.2) is 0 Å². The van der Waals surface area contributed by atoms with Gasteiger partial charge in [-0.1, -0.05) is 12.1 Å². The van der Waals surface area contributed by atoms with Crippen LogP contribution in [0.2, 0.25) is 0 Å². The number of benzene rings is 2. The van der Waals surface area contributed by atoms with Crippen molar-refractivity contribution in [1.29, 1.82) is 0 Å². The van der Waals surface area contributed by atoms with Gasteiger partial charge in [-0.05, 0) is 57.2 Å². The Morgan fingerprint density at radius 2 is 1.74 bits per heavy atom. The first-order valence-electron chi connectivity index (χ1n) is 10.3.